The smallest absolute Gasteiger partial charge is 0.338 e. The quantitative estimate of drug-likeness (QED) is 0.489. The standard InChI is InChI=1S/C15H17FN2O3S/c1-9-12(14(19)21-8-7-20-2)13(18-15(22)17-9)10-5-3-4-6-11(10)16/h3-6,13H,7-8H2,1-2H3,(H2,17,18,22). The second-order valence-corrected chi connectivity index (χ2v) is 5.13. The molecule has 2 N–H and O–H groups in total. The molecule has 0 aliphatic carbocycles. The number of carbonyl (C=O) groups excluding carboxylic acids is 1. The first-order valence-electron chi connectivity index (χ1n) is 6.73. The lowest BCUT2D eigenvalue weighted by Gasteiger charge is -2.30. The first kappa shape index (κ1) is 16.4. The van der Waals surface area contributed by atoms with Crippen molar-refractivity contribution in [1.29, 1.82) is 0 Å². The van der Waals surface area contributed by atoms with Crippen LogP contribution in [0, 0.1) is 5.82 Å². The first-order chi connectivity index (χ1) is 10.5. The van der Waals surface area contributed by atoms with Gasteiger partial charge in [0, 0.05) is 18.4 Å². The van der Waals surface area contributed by atoms with Crippen LogP contribution in [-0.4, -0.2) is 31.4 Å². The minimum Gasteiger partial charge on any atom is -0.460 e. The van der Waals surface area contributed by atoms with Crippen LogP contribution >= 0.6 is 12.2 Å². The molecule has 2 rings (SSSR count). The molecule has 0 fully saturated rings. The molecule has 0 saturated carbocycles. The molecule has 0 radical (unpaired) electrons. The van der Waals surface area contributed by atoms with Gasteiger partial charge in [-0.3, -0.25) is 0 Å². The van der Waals surface area contributed by atoms with E-state index < -0.39 is 17.8 Å². The number of carbonyl (C=O) groups is 1. The number of rotatable bonds is 5. The van der Waals surface area contributed by atoms with E-state index in [9.17, 15) is 9.18 Å². The minimum atomic E-state index is -0.690. The van der Waals surface area contributed by atoms with Gasteiger partial charge in [0.25, 0.3) is 0 Å². The van der Waals surface area contributed by atoms with Crippen molar-refractivity contribution in [3.63, 3.8) is 0 Å². The number of ether oxygens (including phenoxy) is 2. The molecule has 118 valence electrons. The van der Waals surface area contributed by atoms with Crippen molar-refractivity contribution in [2.75, 3.05) is 20.3 Å². The number of benzene rings is 1. The molecule has 7 heteroatoms. The Balaban J connectivity index is 2.33. The molecule has 5 nitrogen and oxygen atoms in total. The van der Waals surface area contributed by atoms with E-state index in [0.717, 1.165) is 0 Å². The summed E-state index contributed by atoms with van der Waals surface area (Å²) in [6.45, 7) is 2.12. The molecule has 1 aliphatic rings. The maximum Gasteiger partial charge on any atom is 0.338 e. The second kappa shape index (κ2) is 7.33. The van der Waals surface area contributed by atoms with Crippen LogP contribution in [0.15, 0.2) is 35.5 Å². The highest BCUT2D eigenvalue weighted by Crippen LogP contribution is 2.29. The van der Waals surface area contributed by atoms with Gasteiger partial charge in [-0.1, -0.05) is 18.2 Å². The maximum absolute atomic E-state index is 14.1. The molecule has 0 spiro atoms. The SMILES string of the molecule is COCCOC(=O)C1=C(C)NC(=S)NC1c1ccccc1F. The van der Waals surface area contributed by atoms with Gasteiger partial charge < -0.3 is 20.1 Å². The Morgan fingerprint density at radius 1 is 1.36 bits per heavy atom. The summed E-state index contributed by atoms with van der Waals surface area (Å²) in [4.78, 5) is 12.3. The summed E-state index contributed by atoms with van der Waals surface area (Å²) in [5.74, 6) is -0.954. The lowest BCUT2D eigenvalue weighted by Crippen LogP contribution is -2.45. The third-order valence-electron chi connectivity index (χ3n) is 3.23. The van der Waals surface area contributed by atoms with Crippen LogP contribution in [-0.2, 0) is 14.3 Å². The molecule has 0 amide bonds. The number of methoxy groups -OCH3 is 1. The van der Waals surface area contributed by atoms with Crippen LogP contribution in [0.25, 0.3) is 0 Å². The van der Waals surface area contributed by atoms with Crippen LogP contribution in [0.1, 0.15) is 18.5 Å². The lowest BCUT2D eigenvalue weighted by atomic mass is 9.95. The maximum atomic E-state index is 14.1. The second-order valence-electron chi connectivity index (χ2n) is 4.72. The number of hydrogen-bond donors (Lipinski definition) is 2. The number of nitrogens with one attached hydrogen (secondary N) is 2. The van der Waals surface area contributed by atoms with Crippen molar-refractivity contribution in [1.82, 2.24) is 10.6 Å². The zero-order valence-corrected chi connectivity index (χ0v) is 13.1. The molecule has 0 bridgehead atoms. The third kappa shape index (κ3) is 3.61. The van der Waals surface area contributed by atoms with Crippen LogP contribution in [0.5, 0.6) is 0 Å². The van der Waals surface area contributed by atoms with E-state index in [4.69, 9.17) is 21.7 Å². The third-order valence-corrected chi connectivity index (χ3v) is 3.45. The monoisotopic (exact) mass is 324 g/mol. The summed E-state index contributed by atoms with van der Waals surface area (Å²) in [6, 6.07) is 5.55. The van der Waals surface area contributed by atoms with Crippen molar-refractivity contribution < 1.29 is 18.7 Å². The van der Waals surface area contributed by atoms with E-state index in [0.29, 0.717) is 28.6 Å². The molecule has 22 heavy (non-hydrogen) atoms. The number of esters is 1. The Kier molecular flexibility index (Phi) is 5.46. The van der Waals surface area contributed by atoms with Crippen molar-refractivity contribution in [2.45, 2.75) is 13.0 Å². The summed E-state index contributed by atoms with van der Waals surface area (Å²) in [5, 5.41) is 6.11. The topological polar surface area (TPSA) is 59.6 Å². The average molecular weight is 324 g/mol. The molecule has 1 atom stereocenters. The van der Waals surface area contributed by atoms with Crippen LogP contribution in [0.4, 0.5) is 4.39 Å². The highest BCUT2D eigenvalue weighted by Gasteiger charge is 2.32. The molecule has 1 aromatic rings. The van der Waals surface area contributed by atoms with E-state index in [1.807, 2.05) is 0 Å². The molecule has 1 aliphatic heterocycles. The summed E-state index contributed by atoms with van der Waals surface area (Å²) >= 11 is 5.10. The Bertz CT molecular complexity index is 619. The van der Waals surface area contributed by atoms with Gasteiger partial charge in [0.15, 0.2) is 5.11 Å². The zero-order valence-electron chi connectivity index (χ0n) is 12.3. The summed E-state index contributed by atoms with van der Waals surface area (Å²) in [6.07, 6.45) is 0. The fraction of sp³-hybridized carbons (Fsp3) is 0.333. The van der Waals surface area contributed by atoms with E-state index in [2.05, 4.69) is 10.6 Å². The van der Waals surface area contributed by atoms with Gasteiger partial charge in [-0.15, -0.1) is 0 Å². The summed E-state index contributed by atoms with van der Waals surface area (Å²) in [7, 11) is 1.52. The number of allylic oxidation sites excluding steroid dienone is 1. The van der Waals surface area contributed by atoms with Crippen molar-refractivity contribution >= 4 is 23.3 Å². The summed E-state index contributed by atoms with van der Waals surface area (Å²) in [5.41, 5.74) is 1.18. The van der Waals surface area contributed by atoms with Crippen molar-refractivity contribution in [3.05, 3.63) is 46.9 Å². The Morgan fingerprint density at radius 3 is 2.77 bits per heavy atom. The van der Waals surface area contributed by atoms with Gasteiger partial charge >= 0.3 is 5.97 Å². The summed E-state index contributed by atoms with van der Waals surface area (Å²) < 4.78 is 24.1. The highest BCUT2D eigenvalue weighted by molar-refractivity contribution is 7.80. The number of hydrogen-bond acceptors (Lipinski definition) is 4. The van der Waals surface area contributed by atoms with Gasteiger partial charge in [-0.05, 0) is 25.2 Å². The van der Waals surface area contributed by atoms with E-state index in [1.165, 1.54) is 13.2 Å². The fourth-order valence-electron chi connectivity index (χ4n) is 2.20. The average Bonchev–Trinajstić information content (AvgIpc) is 2.47. The normalized spacial score (nSPS) is 17.8. The molecular weight excluding hydrogens is 307 g/mol. The van der Waals surface area contributed by atoms with Gasteiger partial charge in [0.2, 0.25) is 0 Å². The van der Waals surface area contributed by atoms with Gasteiger partial charge in [-0.2, -0.15) is 0 Å². The van der Waals surface area contributed by atoms with Crippen molar-refractivity contribution in [3.8, 4) is 0 Å². The molecule has 0 saturated heterocycles. The van der Waals surface area contributed by atoms with Crippen LogP contribution in [0.2, 0.25) is 0 Å². The predicted octanol–water partition coefficient (Wildman–Crippen LogP) is 1.81. The van der Waals surface area contributed by atoms with Crippen LogP contribution in [0.3, 0.4) is 0 Å². The molecular formula is C15H17FN2O3S. The van der Waals surface area contributed by atoms with E-state index >= 15 is 0 Å². The Morgan fingerprint density at radius 2 is 2.09 bits per heavy atom. The van der Waals surface area contributed by atoms with Crippen molar-refractivity contribution in [2.24, 2.45) is 0 Å². The van der Waals surface area contributed by atoms with Gasteiger partial charge in [0.05, 0.1) is 18.2 Å². The number of halogens is 1. The minimum absolute atomic E-state index is 0.126. The number of thiocarbonyl (C=S) groups is 1. The predicted molar refractivity (Wildman–Crippen MR) is 83.5 cm³/mol. The fourth-order valence-corrected chi connectivity index (χ4v) is 2.47. The highest BCUT2D eigenvalue weighted by atomic mass is 32.1. The molecule has 1 heterocycles. The molecule has 1 unspecified atom stereocenters. The lowest BCUT2D eigenvalue weighted by molar-refractivity contribution is -0.140. The molecule has 1 aromatic carbocycles. The zero-order chi connectivity index (χ0) is 16.1. The Labute approximate surface area is 133 Å². The Hall–Kier alpha value is -1.99. The van der Waals surface area contributed by atoms with Gasteiger partial charge in [0.1, 0.15) is 12.4 Å². The van der Waals surface area contributed by atoms with Crippen LogP contribution < -0.4 is 10.6 Å². The van der Waals surface area contributed by atoms with Gasteiger partial charge in [-0.25, -0.2) is 9.18 Å². The van der Waals surface area contributed by atoms with E-state index in [-0.39, 0.29) is 6.61 Å². The van der Waals surface area contributed by atoms with E-state index in [1.54, 1.807) is 25.1 Å². The molecule has 0 aromatic heterocycles. The largest absolute Gasteiger partial charge is 0.460 e. The first-order valence-corrected chi connectivity index (χ1v) is 7.14.